The lowest BCUT2D eigenvalue weighted by Gasteiger charge is -2.03. The van der Waals surface area contributed by atoms with Gasteiger partial charge in [0.1, 0.15) is 24.1 Å². The number of hydrogen-bond acceptors (Lipinski definition) is 4. The van der Waals surface area contributed by atoms with Crippen LogP contribution in [0.25, 0.3) is 0 Å². The fraction of sp³-hybridized carbons (Fsp3) is 0.0625. The van der Waals surface area contributed by atoms with E-state index in [2.05, 4.69) is 9.73 Å². The van der Waals surface area contributed by atoms with Crippen molar-refractivity contribution in [2.75, 3.05) is 6.61 Å². The number of rotatable bonds is 5. The van der Waals surface area contributed by atoms with Crippen molar-refractivity contribution in [3.8, 4) is 0 Å². The van der Waals surface area contributed by atoms with Crippen molar-refractivity contribution < 1.29 is 27.5 Å². The minimum Gasteiger partial charge on any atom is -0.454 e. The number of hydrogen-bond donors (Lipinski definition) is 0. The summed E-state index contributed by atoms with van der Waals surface area (Å²) < 4.78 is 44.3. The molecule has 2 aromatic rings. The molecule has 0 aromatic heterocycles. The monoisotopic (exact) mass is 321 g/mol. The van der Waals surface area contributed by atoms with Crippen LogP contribution in [-0.4, -0.2) is 25.1 Å². The summed E-state index contributed by atoms with van der Waals surface area (Å²) in [4.78, 5) is 25.6. The van der Waals surface area contributed by atoms with Gasteiger partial charge in [0.25, 0.3) is 0 Å². The van der Waals surface area contributed by atoms with E-state index in [4.69, 9.17) is 0 Å². The summed E-state index contributed by atoms with van der Waals surface area (Å²) in [6.07, 6.45) is 1.46. The Bertz CT molecular complexity index is 775. The zero-order valence-corrected chi connectivity index (χ0v) is 11.6. The molecule has 0 radical (unpaired) electrons. The fourth-order valence-electron chi connectivity index (χ4n) is 1.71. The van der Waals surface area contributed by atoms with Gasteiger partial charge in [-0.1, -0.05) is 0 Å². The maximum atomic E-state index is 13.5. The normalized spacial score (nSPS) is 10.7. The minimum absolute atomic E-state index is 0.000688. The lowest BCUT2D eigenvalue weighted by molar-refractivity contribution is -0.110. The van der Waals surface area contributed by atoms with Crippen LogP contribution in [0.5, 0.6) is 0 Å². The third-order valence-corrected chi connectivity index (χ3v) is 2.72. The summed E-state index contributed by atoms with van der Waals surface area (Å²) in [5.74, 6) is -3.19. The lowest BCUT2D eigenvalue weighted by Crippen LogP contribution is -2.07. The summed E-state index contributed by atoms with van der Waals surface area (Å²) in [6.45, 7) is -0.450. The van der Waals surface area contributed by atoms with E-state index in [-0.39, 0.29) is 16.8 Å². The molecule has 0 fully saturated rings. The topological polar surface area (TPSA) is 55.7 Å². The van der Waals surface area contributed by atoms with E-state index in [1.807, 2.05) is 0 Å². The van der Waals surface area contributed by atoms with Gasteiger partial charge in [0, 0.05) is 17.8 Å². The second kappa shape index (κ2) is 7.35. The fourth-order valence-corrected chi connectivity index (χ4v) is 1.71. The van der Waals surface area contributed by atoms with Crippen molar-refractivity contribution in [3.05, 3.63) is 65.0 Å². The molecule has 2 rings (SSSR count). The minimum atomic E-state index is -0.888. The van der Waals surface area contributed by atoms with Crippen LogP contribution in [0.3, 0.4) is 0 Å². The summed E-state index contributed by atoms with van der Waals surface area (Å²) >= 11 is 0. The number of ether oxygens (including phenoxy) is 1. The zero-order valence-electron chi connectivity index (χ0n) is 11.6. The van der Waals surface area contributed by atoms with Gasteiger partial charge in [0.05, 0.1) is 11.3 Å². The Morgan fingerprint density at radius 2 is 1.87 bits per heavy atom. The molecule has 2 aromatic carbocycles. The summed E-state index contributed by atoms with van der Waals surface area (Å²) in [7, 11) is 0. The Kier molecular flexibility index (Phi) is 5.24. The highest BCUT2D eigenvalue weighted by Crippen LogP contribution is 2.18. The van der Waals surface area contributed by atoms with Gasteiger partial charge in [-0.3, -0.25) is 9.79 Å². The van der Waals surface area contributed by atoms with Crippen LogP contribution in [0.4, 0.5) is 18.9 Å². The van der Waals surface area contributed by atoms with Gasteiger partial charge in [-0.05, 0) is 30.3 Å². The van der Waals surface area contributed by atoms with Gasteiger partial charge >= 0.3 is 5.97 Å². The van der Waals surface area contributed by atoms with Gasteiger partial charge in [-0.2, -0.15) is 0 Å². The predicted octanol–water partition coefficient (Wildman–Crippen LogP) is 3.21. The Hall–Kier alpha value is -2.96. The van der Waals surface area contributed by atoms with Crippen molar-refractivity contribution >= 4 is 24.2 Å². The van der Waals surface area contributed by atoms with E-state index >= 15 is 0 Å². The maximum absolute atomic E-state index is 13.5. The van der Waals surface area contributed by atoms with Crippen LogP contribution in [0.1, 0.15) is 15.9 Å². The molecule has 0 bridgehead atoms. The second-order valence-corrected chi connectivity index (χ2v) is 4.39. The second-order valence-electron chi connectivity index (χ2n) is 4.39. The number of halogens is 3. The Balaban J connectivity index is 2.25. The first kappa shape index (κ1) is 16.4. The maximum Gasteiger partial charge on any atom is 0.338 e. The molecule has 0 amide bonds. The van der Waals surface area contributed by atoms with Crippen molar-refractivity contribution in [1.82, 2.24) is 0 Å². The Morgan fingerprint density at radius 3 is 2.57 bits per heavy atom. The van der Waals surface area contributed by atoms with Crippen LogP contribution in [0.2, 0.25) is 0 Å². The molecule has 0 aliphatic heterocycles. The number of aldehydes is 1. The highest BCUT2D eigenvalue weighted by Gasteiger charge is 2.10. The number of carbonyl (C=O) groups is 2. The SMILES string of the molecule is O=CCOC(=O)c1cc(F)cc(N=Cc2ccc(F)cc2F)c1. The molecule has 0 spiro atoms. The molecule has 0 N–H and O–H groups in total. The third kappa shape index (κ3) is 4.50. The van der Waals surface area contributed by atoms with E-state index in [1.54, 1.807) is 0 Å². The quantitative estimate of drug-likeness (QED) is 0.483. The van der Waals surface area contributed by atoms with Gasteiger partial charge in [-0.15, -0.1) is 0 Å². The van der Waals surface area contributed by atoms with E-state index < -0.39 is 30.0 Å². The molecule has 118 valence electrons. The molecule has 0 saturated carbocycles. The van der Waals surface area contributed by atoms with Crippen molar-refractivity contribution in [1.29, 1.82) is 0 Å². The highest BCUT2D eigenvalue weighted by atomic mass is 19.1. The van der Waals surface area contributed by atoms with Gasteiger partial charge < -0.3 is 4.74 Å². The average Bonchev–Trinajstić information content (AvgIpc) is 2.51. The molecule has 0 aliphatic carbocycles. The first-order chi connectivity index (χ1) is 11.0. The standard InChI is InChI=1S/C16H10F3NO3/c17-12-2-1-10(15(19)8-12)9-20-14-6-11(5-13(18)7-14)16(22)23-4-3-21/h1-3,5-9H,4H2. The van der Waals surface area contributed by atoms with Crippen molar-refractivity contribution in [2.45, 2.75) is 0 Å². The van der Waals surface area contributed by atoms with Gasteiger partial charge in [0.2, 0.25) is 0 Å². The van der Waals surface area contributed by atoms with Crippen LogP contribution >= 0.6 is 0 Å². The Labute approximate surface area is 129 Å². The number of nitrogens with zero attached hydrogens (tertiary/aromatic N) is 1. The number of esters is 1. The molecule has 0 atom stereocenters. The Morgan fingerprint density at radius 1 is 1.09 bits per heavy atom. The molecule has 0 heterocycles. The lowest BCUT2D eigenvalue weighted by atomic mass is 10.2. The van der Waals surface area contributed by atoms with Crippen molar-refractivity contribution in [2.24, 2.45) is 4.99 Å². The van der Waals surface area contributed by atoms with E-state index in [1.165, 1.54) is 12.1 Å². The highest BCUT2D eigenvalue weighted by molar-refractivity contribution is 5.91. The van der Waals surface area contributed by atoms with E-state index in [0.717, 1.165) is 24.4 Å². The van der Waals surface area contributed by atoms with Crippen LogP contribution in [0.15, 0.2) is 41.4 Å². The number of benzene rings is 2. The first-order valence-corrected chi connectivity index (χ1v) is 6.40. The first-order valence-electron chi connectivity index (χ1n) is 6.40. The number of carbonyl (C=O) groups excluding carboxylic acids is 2. The van der Waals surface area contributed by atoms with Gasteiger partial charge in [0.15, 0.2) is 6.29 Å². The molecule has 7 heteroatoms. The van der Waals surface area contributed by atoms with E-state index in [0.29, 0.717) is 12.4 Å². The summed E-state index contributed by atoms with van der Waals surface area (Å²) in [5, 5.41) is 0. The third-order valence-electron chi connectivity index (χ3n) is 2.72. The summed E-state index contributed by atoms with van der Waals surface area (Å²) in [6, 6.07) is 6.08. The smallest absolute Gasteiger partial charge is 0.338 e. The van der Waals surface area contributed by atoms with Crippen LogP contribution in [0, 0.1) is 17.5 Å². The molecule has 4 nitrogen and oxygen atoms in total. The number of aliphatic imine (C=N–C) groups is 1. The summed E-state index contributed by atoms with van der Waals surface area (Å²) in [5.41, 5.74) is -0.105. The zero-order chi connectivity index (χ0) is 16.8. The molecular formula is C16H10F3NO3. The molecule has 0 aliphatic rings. The molecule has 23 heavy (non-hydrogen) atoms. The molecular weight excluding hydrogens is 311 g/mol. The molecule has 0 saturated heterocycles. The van der Waals surface area contributed by atoms with E-state index in [9.17, 15) is 22.8 Å². The average molecular weight is 321 g/mol. The van der Waals surface area contributed by atoms with Crippen molar-refractivity contribution in [3.63, 3.8) is 0 Å². The largest absolute Gasteiger partial charge is 0.454 e. The predicted molar refractivity (Wildman–Crippen MR) is 76.4 cm³/mol. The van der Waals surface area contributed by atoms with Crippen LogP contribution in [-0.2, 0) is 9.53 Å². The van der Waals surface area contributed by atoms with Gasteiger partial charge in [-0.25, -0.2) is 18.0 Å². The molecule has 0 unspecified atom stereocenters. The van der Waals surface area contributed by atoms with Crippen LogP contribution < -0.4 is 0 Å².